The van der Waals surface area contributed by atoms with Crippen molar-refractivity contribution < 1.29 is 9.47 Å². The fourth-order valence-electron chi connectivity index (χ4n) is 3.53. The van der Waals surface area contributed by atoms with Crippen LogP contribution in [0.5, 0.6) is 11.5 Å². The van der Waals surface area contributed by atoms with Gasteiger partial charge in [-0.15, -0.1) is 0 Å². The van der Waals surface area contributed by atoms with Crippen LogP contribution in [0.2, 0.25) is 5.02 Å². The summed E-state index contributed by atoms with van der Waals surface area (Å²) in [5.41, 5.74) is 3.29. The van der Waals surface area contributed by atoms with E-state index >= 15 is 0 Å². The molecule has 25 heavy (non-hydrogen) atoms. The van der Waals surface area contributed by atoms with Gasteiger partial charge in [0.25, 0.3) is 0 Å². The molecule has 5 heteroatoms. The summed E-state index contributed by atoms with van der Waals surface area (Å²) in [5, 5.41) is 7.75. The third kappa shape index (κ3) is 2.74. The van der Waals surface area contributed by atoms with Crippen LogP contribution in [0, 0.1) is 5.92 Å². The van der Waals surface area contributed by atoms with Crippen LogP contribution < -0.4 is 9.47 Å². The predicted octanol–water partition coefficient (Wildman–Crippen LogP) is 4.87. The molecular formula is C20H21ClN2O2. The number of hydrogen-bond acceptors (Lipinski definition) is 4. The van der Waals surface area contributed by atoms with E-state index in [-0.39, 0.29) is 12.3 Å². The molecule has 4 nitrogen and oxygen atoms in total. The van der Waals surface area contributed by atoms with Gasteiger partial charge in [-0.1, -0.05) is 49.7 Å². The second-order valence-corrected chi connectivity index (χ2v) is 7.22. The van der Waals surface area contributed by atoms with Gasteiger partial charge in [-0.3, -0.25) is 0 Å². The Kier molecular flexibility index (Phi) is 4.08. The highest BCUT2D eigenvalue weighted by molar-refractivity contribution is 6.30. The average Bonchev–Trinajstić information content (AvgIpc) is 3.06. The van der Waals surface area contributed by atoms with Crippen LogP contribution in [0.3, 0.4) is 0 Å². The molecular weight excluding hydrogens is 336 g/mol. The normalized spacial score (nSPS) is 21.5. The molecule has 0 fully saturated rings. The summed E-state index contributed by atoms with van der Waals surface area (Å²) in [6, 6.07) is 14.1. The summed E-state index contributed by atoms with van der Waals surface area (Å²) in [4.78, 5) is 0. The van der Waals surface area contributed by atoms with Crippen molar-refractivity contribution in [2.75, 3.05) is 7.11 Å². The van der Waals surface area contributed by atoms with Crippen molar-refractivity contribution in [3.63, 3.8) is 0 Å². The van der Waals surface area contributed by atoms with Crippen LogP contribution in [0.4, 0.5) is 0 Å². The van der Waals surface area contributed by atoms with E-state index in [2.05, 4.69) is 24.9 Å². The zero-order chi connectivity index (χ0) is 17.6. The maximum atomic E-state index is 6.31. The van der Waals surface area contributed by atoms with Gasteiger partial charge in [0.15, 0.2) is 17.7 Å². The van der Waals surface area contributed by atoms with Crippen LogP contribution in [0.1, 0.15) is 37.4 Å². The van der Waals surface area contributed by atoms with E-state index in [1.807, 2.05) is 36.4 Å². The minimum absolute atomic E-state index is 0.112. The molecule has 0 radical (unpaired) electrons. The monoisotopic (exact) mass is 356 g/mol. The van der Waals surface area contributed by atoms with Gasteiger partial charge in [-0.2, -0.15) is 5.10 Å². The smallest absolute Gasteiger partial charge is 0.190 e. The molecule has 0 unspecified atom stereocenters. The van der Waals surface area contributed by atoms with Crippen molar-refractivity contribution in [1.82, 2.24) is 5.01 Å². The van der Waals surface area contributed by atoms with Gasteiger partial charge in [0.2, 0.25) is 0 Å². The number of halogens is 1. The molecule has 0 N–H and O–H groups in total. The Morgan fingerprint density at radius 1 is 1.20 bits per heavy atom. The number of nitrogens with zero attached hydrogens (tertiary/aromatic N) is 2. The first kappa shape index (κ1) is 16.3. The molecule has 0 aliphatic carbocycles. The van der Waals surface area contributed by atoms with E-state index < -0.39 is 0 Å². The molecule has 2 atom stereocenters. The fourth-order valence-corrected chi connectivity index (χ4v) is 3.66. The number of hydrogen-bond donors (Lipinski definition) is 0. The van der Waals surface area contributed by atoms with Crippen molar-refractivity contribution in [3.05, 3.63) is 58.6 Å². The Hall–Kier alpha value is -2.20. The van der Waals surface area contributed by atoms with Crippen molar-refractivity contribution in [1.29, 1.82) is 0 Å². The lowest BCUT2D eigenvalue weighted by Crippen LogP contribution is -2.43. The number of methoxy groups -OCH3 is 1. The zero-order valence-electron chi connectivity index (χ0n) is 14.6. The molecule has 4 rings (SSSR count). The number of ether oxygens (including phenoxy) is 2. The third-order valence-electron chi connectivity index (χ3n) is 4.78. The second-order valence-electron chi connectivity index (χ2n) is 6.78. The van der Waals surface area contributed by atoms with Gasteiger partial charge in [0.05, 0.1) is 18.9 Å². The molecule has 2 aliphatic heterocycles. The quantitative estimate of drug-likeness (QED) is 0.786. The summed E-state index contributed by atoms with van der Waals surface area (Å²) in [5.74, 6) is 1.93. The minimum atomic E-state index is -0.112. The Morgan fingerprint density at radius 2 is 1.96 bits per heavy atom. The molecule has 2 aromatic carbocycles. The first-order valence-electron chi connectivity index (χ1n) is 8.54. The van der Waals surface area contributed by atoms with E-state index in [1.165, 1.54) is 0 Å². The second kappa shape index (κ2) is 6.26. The van der Waals surface area contributed by atoms with E-state index in [1.54, 1.807) is 7.11 Å². The highest BCUT2D eigenvalue weighted by Crippen LogP contribution is 2.47. The molecule has 0 aromatic heterocycles. The molecule has 0 saturated carbocycles. The van der Waals surface area contributed by atoms with Gasteiger partial charge < -0.3 is 9.47 Å². The summed E-state index contributed by atoms with van der Waals surface area (Å²) >= 11 is 6.02. The number of hydrazone groups is 1. The summed E-state index contributed by atoms with van der Waals surface area (Å²) in [6.07, 6.45) is 0.729. The molecule has 0 spiro atoms. The highest BCUT2D eigenvalue weighted by atomic mass is 35.5. The van der Waals surface area contributed by atoms with Gasteiger partial charge in [0, 0.05) is 22.9 Å². The molecule has 130 valence electrons. The minimum Gasteiger partial charge on any atom is -0.493 e. The average molecular weight is 357 g/mol. The van der Waals surface area contributed by atoms with Gasteiger partial charge in [-0.25, -0.2) is 5.01 Å². The Labute approximate surface area is 153 Å². The molecule has 2 heterocycles. The summed E-state index contributed by atoms with van der Waals surface area (Å²) < 4.78 is 11.8. The standard InChI is InChI=1S/C20H21ClN2O2/c1-12(2)20-23-17(15-5-4-6-18(24-3)19(15)25-20)11-16(22-23)13-7-9-14(21)10-8-13/h4-10,12,17,20H,11H2,1-3H3/t17-,20-/m1/s1. The van der Waals surface area contributed by atoms with Gasteiger partial charge in [-0.05, 0) is 23.8 Å². The van der Waals surface area contributed by atoms with Gasteiger partial charge in [0.1, 0.15) is 0 Å². The van der Waals surface area contributed by atoms with Crippen molar-refractivity contribution >= 4 is 17.3 Å². The third-order valence-corrected chi connectivity index (χ3v) is 5.03. The lowest BCUT2D eigenvalue weighted by molar-refractivity contribution is -0.0476. The Bertz CT molecular complexity index is 817. The van der Waals surface area contributed by atoms with E-state index in [9.17, 15) is 0 Å². The maximum absolute atomic E-state index is 6.31. The Morgan fingerprint density at radius 3 is 2.64 bits per heavy atom. The number of fused-ring (bicyclic) bond motifs is 3. The fraction of sp³-hybridized carbons (Fsp3) is 0.350. The Balaban J connectivity index is 1.76. The summed E-state index contributed by atoms with van der Waals surface area (Å²) in [7, 11) is 1.68. The van der Waals surface area contributed by atoms with E-state index in [0.717, 1.165) is 39.8 Å². The van der Waals surface area contributed by atoms with Crippen LogP contribution in [0.15, 0.2) is 47.6 Å². The predicted molar refractivity (Wildman–Crippen MR) is 99.4 cm³/mol. The lowest BCUT2D eigenvalue weighted by atomic mass is 9.95. The number of benzene rings is 2. The number of para-hydroxylation sites is 1. The SMILES string of the molecule is COc1cccc2c1O[C@H](C(C)C)N1N=C(c3ccc(Cl)cc3)C[C@H]21. The van der Waals surface area contributed by atoms with Crippen molar-refractivity contribution in [2.45, 2.75) is 32.5 Å². The van der Waals surface area contributed by atoms with Crippen LogP contribution in [-0.4, -0.2) is 24.1 Å². The largest absolute Gasteiger partial charge is 0.493 e. The number of rotatable bonds is 3. The molecule has 2 aromatic rings. The topological polar surface area (TPSA) is 34.1 Å². The molecule has 0 saturated heterocycles. The van der Waals surface area contributed by atoms with Gasteiger partial charge >= 0.3 is 0 Å². The van der Waals surface area contributed by atoms with Crippen LogP contribution in [0.25, 0.3) is 0 Å². The highest BCUT2D eigenvalue weighted by Gasteiger charge is 2.42. The lowest BCUT2D eigenvalue weighted by Gasteiger charge is -2.40. The zero-order valence-corrected chi connectivity index (χ0v) is 15.3. The van der Waals surface area contributed by atoms with Crippen LogP contribution in [-0.2, 0) is 0 Å². The maximum Gasteiger partial charge on any atom is 0.190 e. The summed E-state index contributed by atoms with van der Waals surface area (Å²) in [6.45, 7) is 4.30. The van der Waals surface area contributed by atoms with Crippen molar-refractivity contribution in [3.8, 4) is 11.5 Å². The molecule has 0 amide bonds. The van der Waals surface area contributed by atoms with E-state index in [4.69, 9.17) is 26.2 Å². The molecule has 2 aliphatic rings. The van der Waals surface area contributed by atoms with Crippen molar-refractivity contribution in [2.24, 2.45) is 11.0 Å². The van der Waals surface area contributed by atoms with E-state index in [0.29, 0.717) is 5.92 Å². The molecule has 0 bridgehead atoms. The van der Waals surface area contributed by atoms with Crippen LogP contribution >= 0.6 is 11.6 Å². The first-order chi connectivity index (χ1) is 12.1. The first-order valence-corrected chi connectivity index (χ1v) is 8.91.